The fourth-order valence-corrected chi connectivity index (χ4v) is 2.70. The first-order chi connectivity index (χ1) is 10.8. The second-order valence-electron chi connectivity index (χ2n) is 4.83. The molecule has 0 N–H and O–H groups in total. The van der Waals surface area contributed by atoms with Crippen LogP contribution in [0, 0.1) is 11.8 Å². The van der Waals surface area contributed by atoms with E-state index in [1.807, 2.05) is 73.0 Å². The van der Waals surface area contributed by atoms with Crippen molar-refractivity contribution >= 4 is 28.3 Å². The van der Waals surface area contributed by atoms with Crippen molar-refractivity contribution in [2.45, 2.75) is 4.90 Å². The molecule has 0 amide bonds. The van der Waals surface area contributed by atoms with E-state index in [1.165, 1.54) is 4.90 Å². The number of fused-ring (bicyclic) bond motifs is 1. The minimum Gasteiger partial charge on any atom is -0.279 e. The van der Waals surface area contributed by atoms with Gasteiger partial charge in [-0.15, -0.1) is 11.8 Å². The van der Waals surface area contributed by atoms with Crippen LogP contribution >= 0.6 is 11.8 Å². The third-order valence-corrected chi connectivity index (χ3v) is 4.19. The van der Waals surface area contributed by atoms with Gasteiger partial charge in [0.15, 0.2) is 0 Å². The fraction of sp³-hybridized carbons (Fsp3) is 0.0500. The molecule has 3 rings (SSSR count). The van der Waals surface area contributed by atoms with Crippen LogP contribution < -0.4 is 0 Å². The van der Waals surface area contributed by atoms with Crippen LogP contribution in [0.25, 0.3) is 10.8 Å². The average Bonchev–Trinajstić information content (AvgIpc) is 2.59. The predicted octanol–water partition coefficient (Wildman–Crippen LogP) is 4.80. The number of ketones is 1. The molecule has 3 aromatic carbocycles. The molecule has 106 valence electrons. The highest BCUT2D eigenvalue weighted by Gasteiger charge is 2.06. The van der Waals surface area contributed by atoms with Crippen LogP contribution in [0.4, 0.5) is 0 Å². The SMILES string of the molecule is CSc1ccc(C#CC(=O)c2cccc3ccccc23)cc1. The first kappa shape index (κ1) is 14.4. The first-order valence-corrected chi connectivity index (χ1v) is 8.18. The minimum absolute atomic E-state index is 0.147. The van der Waals surface area contributed by atoms with Gasteiger partial charge in [0.25, 0.3) is 0 Å². The molecule has 22 heavy (non-hydrogen) atoms. The fourth-order valence-electron chi connectivity index (χ4n) is 2.29. The molecule has 0 fully saturated rings. The molecule has 1 nitrogen and oxygen atoms in total. The molecule has 2 heteroatoms. The van der Waals surface area contributed by atoms with E-state index in [2.05, 4.69) is 11.8 Å². The second-order valence-corrected chi connectivity index (χ2v) is 5.71. The highest BCUT2D eigenvalue weighted by atomic mass is 32.2. The lowest BCUT2D eigenvalue weighted by atomic mass is 10.0. The summed E-state index contributed by atoms with van der Waals surface area (Å²) in [7, 11) is 0. The van der Waals surface area contributed by atoms with Crippen LogP contribution in [-0.4, -0.2) is 12.0 Å². The maximum Gasteiger partial charge on any atom is 0.236 e. The van der Waals surface area contributed by atoms with Crippen LogP contribution in [0.1, 0.15) is 15.9 Å². The third-order valence-electron chi connectivity index (χ3n) is 3.44. The van der Waals surface area contributed by atoms with Gasteiger partial charge in [0.05, 0.1) is 0 Å². The van der Waals surface area contributed by atoms with Gasteiger partial charge in [0.1, 0.15) is 0 Å². The van der Waals surface area contributed by atoms with E-state index in [4.69, 9.17) is 0 Å². The van der Waals surface area contributed by atoms with E-state index in [0.717, 1.165) is 16.3 Å². The summed E-state index contributed by atoms with van der Waals surface area (Å²) >= 11 is 1.69. The molecule has 0 radical (unpaired) electrons. The molecule has 0 aliphatic rings. The summed E-state index contributed by atoms with van der Waals surface area (Å²) in [5.41, 5.74) is 1.51. The Bertz CT molecular complexity index is 877. The second kappa shape index (κ2) is 6.51. The molecule has 0 saturated carbocycles. The molecule has 0 unspecified atom stereocenters. The van der Waals surface area contributed by atoms with Gasteiger partial charge in [-0.2, -0.15) is 0 Å². The van der Waals surface area contributed by atoms with Gasteiger partial charge in [0.2, 0.25) is 5.78 Å². The Morgan fingerprint density at radius 1 is 0.909 bits per heavy atom. The number of hydrogen-bond donors (Lipinski definition) is 0. The number of rotatable bonds is 2. The molecule has 0 spiro atoms. The molecule has 0 heterocycles. The van der Waals surface area contributed by atoms with E-state index in [1.54, 1.807) is 11.8 Å². The lowest BCUT2D eigenvalue weighted by Crippen LogP contribution is -1.96. The lowest BCUT2D eigenvalue weighted by Gasteiger charge is -2.01. The van der Waals surface area contributed by atoms with Crippen LogP contribution in [0.5, 0.6) is 0 Å². The monoisotopic (exact) mass is 302 g/mol. The van der Waals surface area contributed by atoms with Crippen LogP contribution in [0.2, 0.25) is 0 Å². The molecule has 3 aromatic rings. The zero-order valence-corrected chi connectivity index (χ0v) is 13.0. The zero-order valence-electron chi connectivity index (χ0n) is 12.2. The molecule has 0 aliphatic heterocycles. The van der Waals surface area contributed by atoms with E-state index in [0.29, 0.717) is 5.56 Å². The Labute approximate surface area is 134 Å². The summed E-state index contributed by atoms with van der Waals surface area (Å²) in [5.74, 6) is 5.55. The standard InChI is InChI=1S/C20H14OS/c1-22-17-12-9-15(10-13-17)11-14-20(21)19-8-4-6-16-5-2-3-7-18(16)19/h2-10,12-13H,1H3. The maximum absolute atomic E-state index is 12.4. The summed E-state index contributed by atoms with van der Waals surface area (Å²) in [6.07, 6.45) is 2.03. The van der Waals surface area contributed by atoms with Gasteiger partial charge < -0.3 is 0 Å². The van der Waals surface area contributed by atoms with E-state index < -0.39 is 0 Å². The minimum atomic E-state index is -0.147. The number of thioether (sulfide) groups is 1. The Morgan fingerprint density at radius 3 is 2.41 bits per heavy atom. The molecule has 0 aromatic heterocycles. The van der Waals surface area contributed by atoms with Crippen molar-refractivity contribution in [3.8, 4) is 11.8 Å². The van der Waals surface area contributed by atoms with Crippen LogP contribution in [-0.2, 0) is 0 Å². The summed E-state index contributed by atoms with van der Waals surface area (Å²) in [4.78, 5) is 13.6. The first-order valence-electron chi connectivity index (χ1n) is 6.96. The summed E-state index contributed by atoms with van der Waals surface area (Å²) in [6.45, 7) is 0. The topological polar surface area (TPSA) is 17.1 Å². The number of carbonyl (C=O) groups excluding carboxylic acids is 1. The highest BCUT2D eigenvalue weighted by Crippen LogP contribution is 2.19. The quantitative estimate of drug-likeness (QED) is 0.384. The Morgan fingerprint density at radius 2 is 1.64 bits per heavy atom. The normalized spacial score (nSPS) is 10.0. The average molecular weight is 302 g/mol. The molecule has 0 aliphatic carbocycles. The van der Waals surface area contributed by atoms with Gasteiger partial charge in [-0.05, 0) is 53.3 Å². The van der Waals surface area contributed by atoms with Crippen molar-refractivity contribution in [1.29, 1.82) is 0 Å². The Kier molecular flexibility index (Phi) is 4.27. The maximum atomic E-state index is 12.4. The van der Waals surface area contributed by atoms with Crippen molar-refractivity contribution < 1.29 is 4.79 Å². The van der Waals surface area contributed by atoms with E-state index >= 15 is 0 Å². The van der Waals surface area contributed by atoms with E-state index in [-0.39, 0.29) is 5.78 Å². The third kappa shape index (κ3) is 3.05. The highest BCUT2D eigenvalue weighted by molar-refractivity contribution is 7.98. The smallest absolute Gasteiger partial charge is 0.236 e. The van der Waals surface area contributed by atoms with E-state index in [9.17, 15) is 4.79 Å². The van der Waals surface area contributed by atoms with Crippen molar-refractivity contribution in [2.75, 3.05) is 6.26 Å². The van der Waals surface area contributed by atoms with Crippen molar-refractivity contribution in [1.82, 2.24) is 0 Å². The van der Waals surface area contributed by atoms with Gasteiger partial charge in [0, 0.05) is 16.0 Å². The summed E-state index contributed by atoms with van der Waals surface area (Å²) in [5, 5.41) is 2.00. The van der Waals surface area contributed by atoms with Crippen LogP contribution in [0.3, 0.4) is 0 Å². The summed E-state index contributed by atoms with van der Waals surface area (Å²) < 4.78 is 0. The van der Waals surface area contributed by atoms with Crippen molar-refractivity contribution in [3.05, 3.63) is 77.9 Å². The predicted molar refractivity (Wildman–Crippen MR) is 93.4 cm³/mol. The molecule has 0 atom stereocenters. The van der Waals surface area contributed by atoms with Gasteiger partial charge in [-0.1, -0.05) is 42.3 Å². The van der Waals surface area contributed by atoms with Gasteiger partial charge in [-0.3, -0.25) is 4.79 Å². The Balaban J connectivity index is 1.92. The number of carbonyl (C=O) groups is 1. The number of Topliss-reactive ketones (excluding diaryl/α,β-unsaturated/α-hetero) is 1. The lowest BCUT2D eigenvalue weighted by molar-refractivity contribution is 0.105. The van der Waals surface area contributed by atoms with Crippen molar-refractivity contribution in [2.24, 2.45) is 0 Å². The number of hydrogen-bond acceptors (Lipinski definition) is 2. The number of benzene rings is 3. The molecule has 0 bridgehead atoms. The molecular formula is C20H14OS. The zero-order chi connectivity index (χ0) is 15.4. The Hall–Kier alpha value is -2.50. The summed E-state index contributed by atoms with van der Waals surface area (Å²) in [6, 6.07) is 21.5. The van der Waals surface area contributed by atoms with Crippen molar-refractivity contribution in [3.63, 3.8) is 0 Å². The largest absolute Gasteiger partial charge is 0.279 e. The molecular weight excluding hydrogens is 288 g/mol. The molecule has 0 saturated heterocycles. The van der Waals surface area contributed by atoms with Crippen LogP contribution in [0.15, 0.2) is 71.6 Å². The van der Waals surface area contributed by atoms with Gasteiger partial charge in [-0.25, -0.2) is 0 Å². The van der Waals surface area contributed by atoms with Gasteiger partial charge >= 0.3 is 0 Å².